The molecule has 3 nitrogen and oxygen atoms in total. The summed E-state index contributed by atoms with van der Waals surface area (Å²) in [6, 6.07) is 5.51. The fraction of sp³-hybridized carbons (Fsp3) is 0.625. The zero-order valence-corrected chi connectivity index (χ0v) is 14.6. The highest BCUT2D eigenvalue weighted by Crippen LogP contribution is 2.36. The molecule has 20 heavy (non-hydrogen) atoms. The highest BCUT2D eigenvalue weighted by molar-refractivity contribution is 6.74. The Balaban J connectivity index is 2.46. The number of aryl methyl sites for hydroxylation is 1. The molecule has 0 saturated heterocycles. The van der Waals surface area contributed by atoms with Gasteiger partial charge in [0.1, 0.15) is 0 Å². The first kappa shape index (κ1) is 17.0. The molecule has 4 heteroatoms. The molecule has 0 bridgehead atoms. The van der Waals surface area contributed by atoms with Crippen molar-refractivity contribution in [3.05, 3.63) is 23.8 Å². The van der Waals surface area contributed by atoms with Crippen molar-refractivity contribution in [3.63, 3.8) is 0 Å². The molecule has 0 spiro atoms. The maximum Gasteiger partial charge on any atom is 0.191 e. The van der Waals surface area contributed by atoms with Gasteiger partial charge in [0, 0.05) is 6.61 Å². The van der Waals surface area contributed by atoms with Crippen LogP contribution in [0, 0.1) is 0 Å². The Morgan fingerprint density at radius 1 is 1.20 bits per heavy atom. The molecule has 0 radical (unpaired) electrons. The van der Waals surface area contributed by atoms with Crippen LogP contribution >= 0.6 is 0 Å². The molecule has 0 unspecified atom stereocenters. The topological polar surface area (TPSA) is 38.7 Å². The average Bonchev–Trinajstić information content (AvgIpc) is 2.35. The van der Waals surface area contributed by atoms with Crippen molar-refractivity contribution >= 4 is 8.32 Å². The Bertz CT molecular complexity index is 436. The molecule has 0 amide bonds. The lowest BCUT2D eigenvalue weighted by molar-refractivity contribution is 0.282. The first-order valence-electron chi connectivity index (χ1n) is 7.17. The first-order valence-corrected chi connectivity index (χ1v) is 10.1. The third kappa shape index (κ3) is 4.53. The molecule has 0 aliphatic heterocycles. The van der Waals surface area contributed by atoms with Gasteiger partial charge in [0.25, 0.3) is 0 Å². The van der Waals surface area contributed by atoms with Crippen LogP contribution in [0.5, 0.6) is 11.5 Å². The summed E-state index contributed by atoms with van der Waals surface area (Å²) in [6.45, 7) is 12.1. The Labute approximate surface area is 124 Å². The van der Waals surface area contributed by atoms with Gasteiger partial charge in [0.05, 0.1) is 7.11 Å². The van der Waals surface area contributed by atoms with E-state index in [0.717, 1.165) is 19.4 Å². The second kappa shape index (κ2) is 6.63. The highest BCUT2D eigenvalue weighted by Gasteiger charge is 2.36. The molecule has 0 aliphatic carbocycles. The van der Waals surface area contributed by atoms with E-state index in [2.05, 4.69) is 33.9 Å². The predicted octanol–water partition coefficient (Wildman–Crippen LogP) is 4.36. The third-order valence-electron chi connectivity index (χ3n) is 4.12. The molecule has 0 aromatic heterocycles. The first-order chi connectivity index (χ1) is 9.17. The van der Waals surface area contributed by atoms with Crippen LogP contribution in [0.1, 0.15) is 32.8 Å². The fourth-order valence-electron chi connectivity index (χ4n) is 1.70. The van der Waals surface area contributed by atoms with Crippen LogP contribution in [0.4, 0.5) is 0 Å². The van der Waals surface area contributed by atoms with Gasteiger partial charge in [-0.05, 0) is 48.7 Å². The number of phenolic OH excluding ortho intramolecular Hbond substituents is 1. The third-order valence-corrected chi connectivity index (χ3v) is 8.66. The molecule has 1 rings (SSSR count). The van der Waals surface area contributed by atoms with E-state index in [4.69, 9.17) is 9.16 Å². The van der Waals surface area contributed by atoms with E-state index >= 15 is 0 Å². The van der Waals surface area contributed by atoms with Gasteiger partial charge in [-0.1, -0.05) is 26.8 Å². The van der Waals surface area contributed by atoms with Crippen LogP contribution in [0.2, 0.25) is 18.1 Å². The number of hydrogen-bond acceptors (Lipinski definition) is 3. The summed E-state index contributed by atoms with van der Waals surface area (Å²) < 4.78 is 11.3. The van der Waals surface area contributed by atoms with Gasteiger partial charge in [0.2, 0.25) is 0 Å². The molecular formula is C16H28O3Si. The minimum atomic E-state index is -1.63. The van der Waals surface area contributed by atoms with Gasteiger partial charge in [-0.2, -0.15) is 0 Å². The second-order valence-electron chi connectivity index (χ2n) is 6.72. The van der Waals surface area contributed by atoms with Crippen molar-refractivity contribution < 1.29 is 14.3 Å². The van der Waals surface area contributed by atoms with E-state index in [-0.39, 0.29) is 10.8 Å². The summed E-state index contributed by atoms with van der Waals surface area (Å²) >= 11 is 0. The molecule has 1 aromatic rings. The maximum absolute atomic E-state index is 9.56. The number of ether oxygens (including phenoxy) is 1. The fourth-order valence-corrected chi connectivity index (χ4v) is 2.79. The number of hydrogen-bond donors (Lipinski definition) is 1. The van der Waals surface area contributed by atoms with E-state index in [1.165, 1.54) is 5.56 Å². The summed E-state index contributed by atoms with van der Waals surface area (Å²) in [5, 5.41) is 9.82. The van der Waals surface area contributed by atoms with Crippen LogP contribution in [0.15, 0.2) is 18.2 Å². The number of methoxy groups -OCH3 is 1. The van der Waals surface area contributed by atoms with Gasteiger partial charge < -0.3 is 14.3 Å². The van der Waals surface area contributed by atoms with Crippen LogP contribution < -0.4 is 4.74 Å². The minimum Gasteiger partial charge on any atom is -0.504 e. The smallest absolute Gasteiger partial charge is 0.191 e. The molecular weight excluding hydrogens is 268 g/mol. The van der Waals surface area contributed by atoms with Gasteiger partial charge in [-0.25, -0.2) is 0 Å². The summed E-state index contributed by atoms with van der Waals surface area (Å²) in [4.78, 5) is 0. The van der Waals surface area contributed by atoms with E-state index in [1.807, 2.05) is 12.1 Å². The average molecular weight is 296 g/mol. The van der Waals surface area contributed by atoms with E-state index in [1.54, 1.807) is 13.2 Å². The predicted molar refractivity (Wildman–Crippen MR) is 86.1 cm³/mol. The summed E-state index contributed by atoms with van der Waals surface area (Å²) in [5.41, 5.74) is 1.17. The van der Waals surface area contributed by atoms with Gasteiger partial charge in [0.15, 0.2) is 19.8 Å². The van der Waals surface area contributed by atoms with Crippen molar-refractivity contribution in [1.29, 1.82) is 0 Å². The number of aromatic hydroxyl groups is 1. The lowest BCUT2D eigenvalue weighted by Gasteiger charge is -2.36. The Kier molecular flexibility index (Phi) is 5.65. The highest BCUT2D eigenvalue weighted by atomic mass is 28.4. The van der Waals surface area contributed by atoms with Crippen LogP contribution in [0.3, 0.4) is 0 Å². The number of phenols is 1. The van der Waals surface area contributed by atoms with E-state index < -0.39 is 8.32 Å². The van der Waals surface area contributed by atoms with Gasteiger partial charge >= 0.3 is 0 Å². The van der Waals surface area contributed by atoms with Crippen molar-refractivity contribution in [2.24, 2.45) is 0 Å². The quantitative estimate of drug-likeness (QED) is 0.626. The van der Waals surface area contributed by atoms with Crippen LogP contribution in [-0.4, -0.2) is 27.1 Å². The molecule has 1 N–H and O–H groups in total. The maximum atomic E-state index is 9.56. The second-order valence-corrected chi connectivity index (χ2v) is 11.5. The minimum absolute atomic E-state index is 0.189. The summed E-state index contributed by atoms with van der Waals surface area (Å²) in [7, 11) is -0.0657. The lowest BCUT2D eigenvalue weighted by Crippen LogP contribution is -2.41. The normalized spacial score (nSPS) is 12.5. The van der Waals surface area contributed by atoms with Gasteiger partial charge in [-0.15, -0.1) is 0 Å². The van der Waals surface area contributed by atoms with Crippen molar-refractivity contribution in [2.45, 2.75) is 51.7 Å². The Morgan fingerprint density at radius 3 is 2.40 bits per heavy atom. The monoisotopic (exact) mass is 296 g/mol. The molecule has 0 heterocycles. The van der Waals surface area contributed by atoms with E-state index in [0.29, 0.717) is 5.75 Å². The number of rotatable bonds is 6. The van der Waals surface area contributed by atoms with Crippen LogP contribution in [0.25, 0.3) is 0 Å². The van der Waals surface area contributed by atoms with Crippen molar-refractivity contribution in [3.8, 4) is 11.5 Å². The van der Waals surface area contributed by atoms with E-state index in [9.17, 15) is 5.11 Å². The standard InChI is InChI=1S/C16H28O3Si/c1-16(2,3)20(5,6)19-11-7-8-13-9-10-14(17)15(12-13)18-4/h9-10,12,17H,7-8,11H2,1-6H3. The molecule has 0 saturated carbocycles. The SMILES string of the molecule is COc1cc(CCCO[Si](C)(C)C(C)(C)C)ccc1O. The Morgan fingerprint density at radius 2 is 1.85 bits per heavy atom. The van der Waals surface area contributed by atoms with Crippen LogP contribution in [-0.2, 0) is 10.8 Å². The summed E-state index contributed by atoms with van der Waals surface area (Å²) in [6.07, 6.45) is 1.92. The zero-order valence-electron chi connectivity index (χ0n) is 13.6. The number of benzene rings is 1. The molecule has 1 aromatic carbocycles. The summed E-state index contributed by atoms with van der Waals surface area (Å²) in [5.74, 6) is 0.724. The van der Waals surface area contributed by atoms with Crippen molar-refractivity contribution in [2.75, 3.05) is 13.7 Å². The lowest BCUT2D eigenvalue weighted by atomic mass is 10.1. The van der Waals surface area contributed by atoms with Gasteiger partial charge in [-0.3, -0.25) is 0 Å². The molecule has 0 atom stereocenters. The van der Waals surface area contributed by atoms with Crippen molar-refractivity contribution in [1.82, 2.24) is 0 Å². The molecule has 0 fully saturated rings. The molecule has 114 valence electrons. The molecule has 0 aliphatic rings. The zero-order chi connectivity index (χ0) is 15.4. The largest absolute Gasteiger partial charge is 0.504 e. The Hall–Kier alpha value is -1.00.